The van der Waals surface area contributed by atoms with E-state index in [0.29, 0.717) is 17.7 Å². The highest BCUT2D eigenvalue weighted by atomic mass is 16.5. The van der Waals surface area contributed by atoms with Gasteiger partial charge >= 0.3 is 11.7 Å². The van der Waals surface area contributed by atoms with Crippen LogP contribution in [-0.4, -0.2) is 22.6 Å². The molecule has 0 aliphatic rings. The first-order chi connectivity index (χ1) is 12.9. The number of carbonyl (C=O) groups excluding carboxylic acids is 1. The Balaban J connectivity index is 2.17. The lowest BCUT2D eigenvalue weighted by atomic mass is 9.96. The SMILES string of the molecule is COC(=O)Cn1c(Cc2ccc3ccccc3c2)c(C(C)C)c(=O)[nH]c1=O. The van der Waals surface area contributed by atoms with Crippen molar-refractivity contribution in [1.29, 1.82) is 0 Å². The predicted octanol–water partition coefficient (Wildman–Crippen LogP) is 2.58. The van der Waals surface area contributed by atoms with Crippen LogP contribution in [0.1, 0.15) is 36.6 Å². The van der Waals surface area contributed by atoms with E-state index in [9.17, 15) is 14.4 Å². The maximum absolute atomic E-state index is 12.4. The van der Waals surface area contributed by atoms with Crippen molar-refractivity contribution in [3.63, 3.8) is 0 Å². The van der Waals surface area contributed by atoms with Crippen LogP contribution in [0.25, 0.3) is 10.8 Å². The van der Waals surface area contributed by atoms with Crippen LogP contribution in [-0.2, 0) is 22.5 Å². The average Bonchev–Trinajstić information content (AvgIpc) is 2.64. The number of ether oxygens (including phenoxy) is 1. The first-order valence-electron chi connectivity index (χ1n) is 8.81. The number of nitrogens with one attached hydrogen (secondary N) is 1. The highest BCUT2D eigenvalue weighted by Gasteiger charge is 2.19. The fourth-order valence-corrected chi connectivity index (χ4v) is 3.32. The number of carbonyl (C=O) groups is 1. The minimum atomic E-state index is -0.606. The van der Waals surface area contributed by atoms with Gasteiger partial charge < -0.3 is 4.74 Å². The maximum atomic E-state index is 12.4. The van der Waals surface area contributed by atoms with Crippen LogP contribution in [0.15, 0.2) is 52.1 Å². The van der Waals surface area contributed by atoms with E-state index in [-0.39, 0.29) is 12.5 Å². The summed E-state index contributed by atoms with van der Waals surface area (Å²) in [5.74, 6) is -0.646. The minimum absolute atomic E-state index is 0.103. The molecule has 0 atom stereocenters. The van der Waals surface area contributed by atoms with Crippen molar-refractivity contribution in [1.82, 2.24) is 9.55 Å². The van der Waals surface area contributed by atoms with Crippen molar-refractivity contribution in [2.24, 2.45) is 0 Å². The zero-order valence-electron chi connectivity index (χ0n) is 15.6. The Bertz CT molecular complexity index is 1110. The van der Waals surface area contributed by atoms with Gasteiger partial charge in [-0.05, 0) is 22.3 Å². The molecule has 6 nitrogen and oxygen atoms in total. The summed E-state index contributed by atoms with van der Waals surface area (Å²) in [7, 11) is 1.27. The highest BCUT2D eigenvalue weighted by molar-refractivity contribution is 5.83. The fraction of sp³-hybridized carbons (Fsp3) is 0.286. The summed E-state index contributed by atoms with van der Waals surface area (Å²) in [4.78, 5) is 38.9. The first kappa shape index (κ1) is 18.6. The van der Waals surface area contributed by atoms with Gasteiger partial charge in [0.1, 0.15) is 6.54 Å². The number of fused-ring (bicyclic) bond motifs is 1. The monoisotopic (exact) mass is 366 g/mol. The van der Waals surface area contributed by atoms with Gasteiger partial charge in [0.05, 0.1) is 7.11 Å². The van der Waals surface area contributed by atoms with E-state index in [1.54, 1.807) is 0 Å². The molecule has 1 heterocycles. The third-order valence-electron chi connectivity index (χ3n) is 4.62. The zero-order chi connectivity index (χ0) is 19.6. The molecule has 0 aliphatic heterocycles. The molecule has 0 bridgehead atoms. The highest BCUT2D eigenvalue weighted by Crippen LogP contribution is 2.21. The van der Waals surface area contributed by atoms with Gasteiger partial charge in [-0.1, -0.05) is 56.3 Å². The topological polar surface area (TPSA) is 81.2 Å². The number of methoxy groups -OCH3 is 1. The standard InChI is InChI=1S/C21H22N2O4/c1-13(2)19-17(23(12-18(24)27-3)21(26)22-20(19)25)11-14-8-9-15-6-4-5-7-16(15)10-14/h4-10,13H,11-12H2,1-3H3,(H,22,25,26). The third-order valence-corrected chi connectivity index (χ3v) is 4.62. The van der Waals surface area contributed by atoms with Gasteiger partial charge in [0, 0.05) is 17.7 Å². The van der Waals surface area contributed by atoms with Gasteiger partial charge in [0.2, 0.25) is 0 Å². The number of hydrogen-bond donors (Lipinski definition) is 1. The molecule has 1 aromatic heterocycles. The number of H-pyrrole nitrogens is 1. The second-order valence-electron chi connectivity index (χ2n) is 6.79. The molecule has 0 aliphatic carbocycles. The van der Waals surface area contributed by atoms with Gasteiger partial charge in [-0.25, -0.2) is 4.79 Å². The summed E-state index contributed by atoms with van der Waals surface area (Å²) in [6.07, 6.45) is 0.370. The molecule has 3 aromatic rings. The van der Waals surface area contributed by atoms with Crippen molar-refractivity contribution >= 4 is 16.7 Å². The Morgan fingerprint density at radius 1 is 1.11 bits per heavy atom. The molecule has 27 heavy (non-hydrogen) atoms. The lowest BCUT2D eigenvalue weighted by Gasteiger charge is -2.18. The molecule has 140 valence electrons. The fourth-order valence-electron chi connectivity index (χ4n) is 3.32. The van der Waals surface area contributed by atoms with Crippen molar-refractivity contribution in [2.75, 3.05) is 7.11 Å². The van der Waals surface area contributed by atoms with Crippen molar-refractivity contribution in [3.05, 3.63) is 80.1 Å². The second kappa shape index (κ2) is 7.61. The van der Waals surface area contributed by atoms with Gasteiger partial charge in [-0.3, -0.25) is 19.1 Å². The quantitative estimate of drug-likeness (QED) is 0.704. The summed E-state index contributed by atoms with van der Waals surface area (Å²) in [5.41, 5.74) is 0.989. The minimum Gasteiger partial charge on any atom is -0.468 e. The maximum Gasteiger partial charge on any atom is 0.329 e. The van der Waals surface area contributed by atoms with Crippen LogP contribution in [0, 0.1) is 0 Å². The first-order valence-corrected chi connectivity index (χ1v) is 8.81. The van der Waals surface area contributed by atoms with E-state index in [1.807, 2.05) is 56.3 Å². The number of esters is 1. The molecular formula is C21H22N2O4. The Hall–Kier alpha value is -3.15. The van der Waals surface area contributed by atoms with Crippen molar-refractivity contribution < 1.29 is 9.53 Å². The average molecular weight is 366 g/mol. The molecule has 3 rings (SSSR count). The Morgan fingerprint density at radius 2 is 1.81 bits per heavy atom. The van der Waals surface area contributed by atoms with E-state index < -0.39 is 17.2 Å². The van der Waals surface area contributed by atoms with Crippen LogP contribution in [0.5, 0.6) is 0 Å². The molecular weight excluding hydrogens is 344 g/mol. The summed E-state index contributed by atoms with van der Waals surface area (Å²) in [5, 5.41) is 2.19. The number of rotatable bonds is 5. The van der Waals surface area contributed by atoms with Crippen LogP contribution >= 0.6 is 0 Å². The molecule has 0 unspecified atom stereocenters. The number of nitrogens with zero attached hydrogens (tertiary/aromatic N) is 1. The van der Waals surface area contributed by atoms with Crippen molar-refractivity contribution in [3.8, 4) is 0 Å². The molecule has 0 spiro atoms. The van der Waals surface area contributed by atoms with E-state index in [1.165, 1.54) is 11.7 Å². The van der Waals surface area contributed by atoms with Crippen molar-refractivity contribution in [2.45, 2.75) is 32.7 Å². The Labute approximate surface area is 156 Å². The molecule has 0 radical (unpaired) electrons. The van der Waals surface area contributed by atoms with Gasteiger partial charge in [0.25, 0.3) is 5.56 Å². The molecule has 6 heteroatoms. The summed E-state index contributed by atoms with van der Waals surface area (Å²) >= 11 is 0. The number of aromatic nitrogens is 2. The van der Waals surface area contributed by atoms with Gasteiger partial charge in [-0.15, -0.1) is 0 Å². The van der Waals surface area contributed by atoms with Gasteiger partial charge in [0.15, 0.2) is 0 Å². The molecule has 0 amide bonds. The normalized spacial score (nSPS) is 11.1. The Morgan fingerprint density at radius 3 is 2.48 bits per heavy atom. The van der Waals surface area contributed by atoms with Crippen LogP contribution in [0.3, 0.4) is 0 Å². The molecule has 0 saturated heterocycles. The lowest BCUT2D eigenvalue weighted by Crippen LogP contribution is -2.38. The second-order valence-corrected chi connectivity index (χ2v) is 6.79. The van der Waals surface area contributed by atoms with E-state index in [2.05, 4.69) is 4.98 Å². The van der Waals surface area contributed by atoms with Crippen LogP contribution < -0.4 is 11.2 Å². The molecule has 0 fully saturated rings. The van der Waals surface area contributed by atoms with Crippen LogP contribution in [0.2, 0.25) is 0 Å². The molecule has 0 saturated carbocycles. The largest absolute Gasteiger partial charge is 0.468 e. The number of hydrogen-bond acceptors (Lipinski definition) is 4. The van der Waals surface area contributed by atoms with E-state index in [4.69, 9.17) is 4.74 Å². The van der Waals surface area contributed by atoms with Gasteiger partial charge in [-0.2, -0.15) is 0 Å². The molecule has 1 N–H and O–H groups in total. The summed E-state index contributed by atoms with van der Waals surface area (Å²) in [6, 6.07) is 14.0. The van der Waals surface area contributed by atoms with E-state index in [0.717, 1.165) is 16.3 Å². The summed E-state index contributed by atoms with van der Waals surface area (Å²) in [6.45, 7) is 3.54. The zero-order valence-corrected chi connectivity index (χ0v) is 15.6. The predicted molar refractivity (Wildman–Crippen MR) is 104 cm³/mol. The number of benzene rings is 2. The Kier molecular flexibility index (Phi) is 5.26. The lowest BCUT2D eigenvalue weighted by molar-refractivity contribution is -0.141. The third kappa shape index (κ3) is 3.84. The summed E-state index contributed by atoms with van der Waals surface area (Å²) < 4.78 is 6.02. The number of aromatic amines is 1. The smallest absolute Gasteiger partial charge is 0.329 e. The van der Waals surface area contributed by atoms with E-state index >= 15 is 0 Å². The van der Waals surface area contributed by atoms with Crippen LogP contribution in [0.4, 0.5) is 0 Å². The molecule has 2 aromatic carbocycles.